The van der Waals surface area contributed by atoms with Crippen LogP contribution in [0.1, 0.15) is 5.56 Å². The number of anilines is 1. The second-order valence-electron chi connectivity index (χ2n) is 4.48. The van der Waals surface area contributed by atoms with Crippen molar-refractivity contribution in [2.24, 2.45) is 0 Å². The minimum Gasteiger partial charge on any atom is -0.506 e. The molecule has 0 fully saturated rings. The van der Waals surface area contributed by atoms with E-state index in [4.69, 9.17) is 0 Å². The number of aromatic hydroxyl groups is 1. The largest absolute Gasteiger partial charge is 0.506 e. The van der Waals surface area contributed by atoms with Crippen LogP contribution in [0.25, 0.3) is 10.9 Å². The molecule has 0 saturated heterocycles. The summed E-state index contributed by atoms with van der Waals surface area (Å²) in [5.41, 5.74) is 2.74. The number of phenols is 1. The molecule has 2 N–H and O–H groups in total. The van der Waals surface area contributed by atoms with Crippen LogP contribution in [0.4, 0.5) is 5.69 Å². The Morgan fingerprint density at radius 2 is 1.85 bits per heavy atom. The summed E-state index contributed by atoms with van der Waals surface area (Å²) in [4.78, 5) is 4.40. The molecule has 1 aromatic heterocycles. The molecule has 0 bridgehead atoms. The zero-order valence-electron chi connectivity index (χ0n) is 10.7. The van der Waals surface area contributed by atoms with Crippen molar-refractivity contribution in [1.82, 2.24) is 4.98 Å². The minimum absolute atomic E-state index is 0.271. The molecule has 4 heteroatoms. The van der Waals surface area contributed by atoms with Gasteiger partial charge in [0.25, 0.3) is 0 Å². The van der Waals surface area contributed by atoms with Crippen molar-refractivity contribution < 1.29 is 5.11 Å². The van der Waals surface area contributed by atoms with Crippen LogP contribution in [0.5, 0.6) is 5.75 Å². The van der Waals surface area contributed by atoms with Crippen molar-refractivity contribution >= 4 is 32.5 Å². The number of pyridine rings is 1. The predicted molar refractivity (Wildman–Crippen MR) is 84.9 cm³/mol. The molecule has 3 nitrogen and oxygen atoms in total. The van der Waals surface area contributed by atoms with Crippen LogP contribution in [0.2, 0.25) is 0 Å². The first-order valence-corrected chi connectivity index (χ1v) is 7.09. The maximum atomic E-state index is 9.99. The van der Waals surface area contributed by atoms with E-state index in [1.807, 2.05) is 48.5 Å². The number of nitrogens with zero attached hydrogens (tertiary/aromatic N) is 1. The van der Waals surface area contributed by atoms with Crippen molar-refractivity contribution in [3.05, 3.63) is 64.8 Å². The van der Waals surface area contributed by atoms with Crippen molar-refractivity contribution in [2.75, 3.05) is 5.32 Å². The van der Waals surface area contributed by atoms with E-state index < -0.39 is 0 Å². The summed E-state index contributed by atoms with van der Waals surface area (Å²) in [6, 6.07) is 15.6. The van der Waals surface area contributed by atoms with Gasteiger partial charge in [-0.3, -0.25) is 4.98 Å². The van der Waals surface area contributed by atoms with Crippen molar-refractivity contribution in [2.45, 2.75) is 6.54 Å². The fourth-order valence-electron chi connectivity index (χ4n) is 2.14. The SMILES string of the molecule is Oc1c(Br)cccc1CNc1cccc2cccnc12. The van der Waals surface area contributed by atoms with Gasteiger partial charge in [-0.2, -0.15) is 0 Å². The number of fused-ring (bicyclic) bond motifs is 1. The summed E-state index contributed by atoms with van der Waals surface area (Å²) < 4.78 is 0.702. The third-order valence-electron chi connectivity index (χ3n) is 3.17. The summed E-state index contributed by atoms with van der Waals surface area (Å²) in [5.74, 6) is 0.271. The third kappa shape index (κ3) is 2.47. The van der Waals surface area contributed by atoms with Gasteiger partial charge in [0.1, 0.15) is 5.75 Å². The van der Waals surface area contributed by atoms with Crippen LogP contribution in [0.15, 0.2) is 59.2 Å². The lowest BCUT2D eigenvalue weighted by Gasteiger charge is -2.10. The lowest BCUT2D eigenvalue weighted by Crippen LogP contribution is -2.01. The normalized spacial score (nSPS) is 10.7. The van der Waals surface area contributed by atoms with Crippen LogP contribution >= 0.6 is 15.9 Å². The van der Waals surface area contributed by atoms with Gasteiger partial charge in [-0.15, -0.1) is 0 Å². The molecular formula is C16H13BrN2O. The van der Waals surface area contributed by atoms with Gasteiger partial charge < -0.3 is 10.4 Å². The molecule has 0 spiro atoms. The average molecular weight is 329 g/mol. The third-order valence-corrected chi connectivity index (χ3v) is 3.81. The van der Waals surface area contributed by atoms with E-state index in [9.17, 15) is 5.11 Å². The molecule has 0 amide bonds. The molecule has 0 saturated carbocycles. The van der Waals surface area contributed by atoms with Crippen LogP contribution < -0.4 is 5.32 Å². The second-order valence-corrected chi connectivity index (χ2v) is 5.34. The molecule has 100 valence electrons. The molecule has 0 aliphatic heterocycles. The average Bonchev–Trinajstić information content (AvgIpc) is 2.49. The Labute approximate surface area is 125 Å². The molecule has 0 radical (unpaired) electrons. The van der Waals surface area contributed by atoms with E-state index in [0.29, 0.717) is 11.0 Å². The Balaban J connectivity index is 1.89. The number of para-hydroxylation sites is 2. The molecule has 2 aromatic carbocycles. The highest BCUT2D eigenvalue weighted by molar-refractivity contribution is 9.10. The zero-order valence-corrected chi connectivity index (χ0v) is 12.3. The van der Waals surface area contributed by atoms with Gasteiger partial charge in [0.05, 0.1) is 15.7 Å². The number of hydrogen-bond acceptors (Lipinski definition) is 3. The van der Waals surface area contributed by atoms with Gasteiger partial charge in [-0.05, 0) is 34.1 Å². The van der Waals surface area contributed by atoms with E-state index in [-0.39, 0.29) is 5.75 Å². The van der Waals surface area contributed by atoms with Gasteiger partial charge >= 0.3 is 0 Å². The maximum Gasteiger partial charge on any atom is 0.134 e. The fraction of sp³-hybridized carbons (Fsp3) is 0.0625. The smallest absolute Gasteiger partial charge is 0.134 e. The summed E-state index contributed by atoms with van der Waals surface area (Å²) in [7, 11) is 0. The maximum absolute atomic E-state index is 9.99. The number of aromatic nitrogens is 1. The van der Waals surface area contributed by atoms with E-state index in [2.05, 4.69) is 26.2 Å². The Morgan fingerprint density at radius 1 is 1.05 bits per heavy atom. The summed E-state index contributed by atoms with van der Waals surface area (Å²) >= 11 is 3.32. The van der Waals surface area contributed by atoms with Crippen molar-refractivity contribution in [3.8, 4) is 5.75 Å². The highest BCUT2D eigenvalue weighted by Gasteiger charge is 2.06. The van der Waals surface area contributed by atoms with Crippen molar-refractivity contribution in [1.29, 1.82) is 0 Å². The minimum atomic E-state index is 0.271. The van der Waals surface area contributed by atoms with Gasteiger partial charge in [0.15, 0.2) is 0 Å². The first-order chi connectivity index (χ1) is 9.75. The van der Waals surface area contributed by atoms with Crippen LogP contribution in [0.3, 0.4) is 0 Å². The molecular weight excluding hydrogens is 316 g/mol. The summed E-state index contributed by atoms with van der Waals surface area (Å²) in [6.45, 7) is 0.543. The second kappa shape index (κ2) is 5.51. The van der Waals surface area contributed by atoms with Crippen LogP contribution in [-0.2, 0) is 6.54 Å². The molecule has 20 heavy (non-hydrogen) atoms. The topological polar surface area (TPSA) is 45.1 Å². The predicted octanol–water partition coefficient (Wildman–Crippen LogP) is 4.32. The summed E-state index contributed by atoms with van der Waals surface area (Å²) in [5, 5.41) is 14.4. The van der Waals surface area contributed by atoms with E-state index in [0.717, 1.165) is 22.2 Å². The monoisotopic (exact) mass is 328 g/mol. The summed E-state index contributed by atoms with van der Waals surface area (Å²) in [6.07, 6.45) is 1.78. The highest BCUT2D eigenvalue weighted by atomic mass is 79.9. The van der Waals surface area contributed by atoms with E-state index in [1.54, 1.807) is 6.20 Å². The van der Waals surface area contributed by atoms with Crippen molar-refractivity contribution in [3.63, 3.8) is 0 Å². The number of benzene rings is 2. The Bertz CT molecular complexity index is 753. The van der Waals surface area contributed by atoms with E-state index >= 15 is 0 Å². The number of rotatable bonds is 3. The molecule has 3 rings (SSSR count). The molecule has 0 aliphatic carbocycles. The molecule has 3 aromatic rings. The number of phenolic OH excluding ortho intramolecular Hbond substituents is 1. The lowest BCUT2D eigenvalue weighted by molar-refractivity contribution is 0.465. The Kier molecular flexibility index (Phi) is 3.56. The molecule has 0 unspecified atom stereocenters. The quantitative estimate of drug-likeness (QED) is 0.752. The van der Waals surface area contributed by atoms with Crippen LogP contribution in [-0.4, -0.2) is 10.1 Å². The first kappa shape index (κ1) is 12.9. The van der Waals surface area contributed by atoms with Gasteiger partial charge in [0, 0.05) is 23.7 Å². The Hall–Kier alpha value is -2.07. The standard InChI is InChI=1S/C16H13BrN2O/c17-13-7-1-5-12(16(13)20)10-19-14-8-2-4-11-6-3-9-18-15(11)14/h1-9,19-20H,10H2. The van der Waals surface area contributed by atoms with Gasteiger partial charge in [-0.25, -0.2) is 0 Å². The number of nitrogens with one attached hydrogen (secondary N) is 1. The number of halogens is 1. The van der Waals surface area contributed by atoms with Gasteiger partial charge in [-0.1, -0.05) is 30.3 Å². The fourth-order valence-corrected chi connectivity index (χ4v) is 2.55. The number of hydrogen-bond donors (Lipinski definition) is 2. The molecule has 0 aliphatic rings. The Morgan fingerprint density at radius 3 is 2.75 bits per heavy atom. The zero-order chi connectivity index (χ0) is 13.9. The molecule has 0 atom stereocenters. The first-order valence-electron chi connectivity index (χ1n) is 6.29. The van der Waals surface area contributed by atoms with E-state index in [1.165, 1.54) is 0 Å². The highest BCUT2D eigenvalue weighted by Crippen LogP contribution is 2.28. The van der Waals surface area contributed by atoms with Crippen LogP contribution in [0, 0.1) is 0 Å². The molecule has 1 heterocycles. The van der Waals surface area contributed by atoms with Gasteiger partial charge in [0.2, 0.25) is 0 Å². The lowest BCUT2D eigenvalue weighted by atomic mass is 10.1.